The van der Waals surface area contributed by atoms with Crippen molar-refractivity contribution in [3.63, 3.8) is 0 Å². The Labute approximate surface area is 150 Å². The number of hydrogen-bond donors (Lipinski definition) is 2. The molecule has 4 amide bonds. The first-order valence-electron chi connectivity index (χ1n) is 7.91. The van der Waals surface area contributed by atoms with E-state index in [1.807, 2.05) is 18.2 Å². The zero-order chi connectivity index (χ0) is 18.5. The van der Waals surface area contributed by atoms with E-state index in [0.717, 1.165) is 10.5 Å². The third-order valence-electron chi connectivity index (χ3n) is 3.70. The Bertz CT molecular complexity index is 860. The summed E-state index contributed by atoms with van der Waals surface area (Å²) < 4.78 is 5.44. The molecule has 0 unspecified atom stereocenters. The molecule has 1 aliphatic rings. The molecule has 2 aromatic carbocycles. The van der Waals surface area contributed by atoms with E-state index in [1.54, 1.807) is 42.5 Å². The van der Waals surface area contributed by atoms with E-state index in [0.29, 0.717) is 11.4 Å². The van der Waals surface area contributed by atoms with E-state index in [1.165, 1.54) is 7.05 Å². The molecule has 1 saturated heterocycles. The Balaban J connectivity index is 1.56. The minimum atomic E-state index is -0.453. The number of nitrogens with zero attached hydrogens (tertiary/aromatic N) is 1. The SMILES string of the molecule is CN1C(=O)N/C(=C/c2ccc(OCC(=O)Nc3ccccc3)cc2)C1=O. The van der Waals surface area contributed by atoms with Crippen molar-refractivity contribution in [3.05, 3.63) is 65.9 Å². The number of ether oxygens (including phenoxy) is 1. The number of nitrogens with one attached hydrogen (secondary N) is 2. The number of anilines is 1. The van der Waals surface area contributed by atoms with Gasteiger partial charge in [0.1, 0.15) is 11.4 Å². The van der Waals surface area contributed by atoms with Crippen molar-refractivity contribution in [2.45, 2.75) is 0 Å². The summed E-state index contributed by atoms with van der Waals surface area (Å²) in [4.78, 5) is 36.1. The topological polar surface area (TPSA) is 87.7 Å². The zero-order valence-electron chi connectivity index (χ0n) is 14.1. The summed E-state index contributed by atoms with van der Waals surface area (Å²) in [5.74, 6) is -0.119. The van der Waals surface area contributed by atoms with Crippen LogP contribution < -0.4 is 15.4 Å². The summed E-state index contributed by atoms with van der Waals surface area (Å²) in [6.45, 7) is -0.116. The maximum Gasteiger partial charge on any atom is 0.328 e. The summed E-state index contributed by atoms with van der Waals surface area (Å²) in [6.07, 6.45) is 1.58. The monoisotopic (exact) mass is 351 g/mol. The first-order chi connectivity index (χ1) is 12.5. The first-order valence-corrected chi connectivity index (χ1v) is 7.91. The largest absolute Gasteiger partial charge is 0.484 e. The number of likely N-dealkylation sites (N-methyl/N-ethyl adjacent to an activating group) is 1. The molecule has 0 aliphatic carbocycles. The molecule has 2 aromatic rings. The molecule has 7 heteroatoms. The quantitative estimate of drug-likeness (QED) is 0.639. The molecule has 0 atom stereocenters. The van der Waals surface area contributed by atoms with Crippen LogP contribution in [0.25, 0.3) is 6.08 Å². The highest BCUT2D eigenvalue weighted by Gasteiger charge is 2.29. The van der Waals surface area contributed by atoms with Gasteiger partial charge in [0, 0.05) is 12.7 Å². The lowest BCUT2D eigenvalue weighted by atomic mass is 10.2. The van der Waals surface area contributed by atoms with E-state index >= 15 is 0 Å². The lowest BCUT2D eigenvalue weighted by molar-refractivity contribution is -0.122. The maximum absolute atomic E-state index is 11.9. The molecule has 1 fully saturated rings. The summed E-state index contributed by atoms with van der Waals surface area (Å²) in [5.41, 5.74) is 1.65. The van der Waals surface area contributed by atoms with Gasteiger partial charge in [-0.2, -0.15) is 0 Å². The minimum absolute atomic E-state index is 0.116. The van der Waals surface area contributed by atoms with Crippen molar-refractivity contribution in [1.82, 2.24) is 10.2 Å². The molecule has 7 nitrogen and oxygen atoms in total. The molecule has 132 valence electrons. The van der Waals surface area contributed by atoms with Crippen molar-refractivity contribution < 1.29 is 19.1 Å². The van der Waals surface area contributed by atoms with Crippen molar-refractivity contribution in [3.8, 4) is 5.75 Å². The number of carbonyl (C=O) groups is 3. The average Bonchev–Trinajstić information content (AvgIpc) is 2.89. The third kappa shape index (κ3) is 4.07. The Morgan fingerprint density at radius 1 is 1.12 bits per heavy atom. The second-order valence-electron chi connectivity index (χ2n) is 5.62. The Hall–Kier alpha value is -3.61. The lowest BCUT2D eigenvalue weighted by Crippen LogP contribution is -2.25. The summed E-state index contributed by atoms with van der Waals surface area (Å²) >= 11 is 0. The molecule has 0 bridgehead atoms. The van der Waals surface area contributed by atoms with Crippen LogP contribution in [0.15, 0.2) is 60.3 Å². The number of carbonyl (C=O) groups excluding carboxylic acids is 3. The Morgan fingerprint density at radius 2 is 1.81 bits per heavy atom. The first kappa shape index (κ1) is 17.2. The summed E-state index contributed by atoms with van der Waals surface area (Å²) in [5, 5.41) is 5.22. The Kier molecular flexibility index (Phi) is 4.98. The summed E-state index contributed by atoms with van der Waals surface area (Å²) in [7, 11) is 1.41. The van der Waals surface area contributed by atoms with E-state index in [4.69, 9.17) is 4.74 Å². The Morgan fingerprint density at radius 3 is 2.42 bits per heavy atom. The van der Waals surface area contributed by atoms with Gasteiger partial charge >= 0.3 is 6.03 Å². The lowest BCUT2D eigenvalue weighted by Gasteiger charge is -2.07. The zero-order valence-corrected chi connectivity index (χ0v) is 14.1. The van der Waals surface area contributed by atoms with Gasteiger partial charge in [-0.05, 0) is 35.9 Å². The van der Waals surface area contributed by atoms with Gasteiger partial charge in [0.25, 0.3) is 11.8 Å². The van der Waals surface area contributed by atoms with Crippen molar-refractivity contribution in [2.75, 3.05) is 19.0 Å². The van der Waals surface area contributed by atoms with Crippen molar-refractivity contribution in [2.24, 2.45) is 0 Å². The van der Waals surface area contributed by atoms with Crippen LogP contribution in [0.5, 0.6) is 5.75 Å². The molecule has 2 N–H and O–H groups in total. The van der Waals surface area contributed by atoms with Crippen LogP contribution in [0.2, 0.25) is 0 Å². The molecule has 1 aliphatic heterocycles. The van der Waals surface area contributed by atoms with Gasteiger partial charge in [-0.1, -0.05) is 30.3 Å². The fourth-order valence-corrected chi connectivity index (χ4v) is 2.32. The van der Waals surface area contributed by atoms with Crippen LogP contribution in [0.1, 0.15) is 5.56 Å². The van der Waals surface area contributed by atoms with Crippen molar-refractivity contribution in [1.29, 1.82) is 0 Å². The fraction of sp³-hybridized carbons (Fsp3) is 0.105. The van der Waals surface area contributed by atoms with Crippen LogP contribution >= 0.6 is 0 Å². The van der Waals surface area contributed by atoms with Gasteiger partial charge in [-0.25, -0.2) is 4.79 Å². The van der Waals surface area contributed by atoms with Gasteiger partial charge in [0.05, 0.1) is 0 Å². The van der Waals surface area contributed by atoms with Gasteiger partial charge in [0.2, 0.25) is 0 Å². The number of urea groups is 1. The molecule has 26 heavy (non-hydrogen) atoms. The highest BCUT2D eigenvalue weighted by molar-refractivity contribution is 6.13. The normalized spacial score (nSPS) is 15.1. The van der Waals surface area contributed by atoms with E-state index in [-0.39, 0.29) is 24.1 Å². The van der Waals surface area contributed by atoms with Crippen molar-refractivity contribution >= 4 is 29.6 Å². The van der Waals surface area contributed by atoms with Crippen LogP contribution in [0.4, 0.5) is 10.5 Å². The maximum atomic E-state index is 11.9. The molecule has 0 aromatic heterocycles. The highest BCUT2D eigenvalue weighted by Crippen LogP contribution is 2.16. The summed E-state index contributed by atoms with van der Waals surface area (Å²) in [6, 6.07) is 15.5. The molecule has 0 spiro atoms. The molecule has 1 heterocycles. The molecular weight excluding hydrogens is 334 g/mol. The number of rotatable bonds is 5. The highest BCUT2D eigenvalue weighted by atomic mass is 16.5. The van der Waals surface area contributed by atoms with Crippen LogP contribution in [0, 0.1) is 0 Å². The number of benzene rings is 2. The molecule has 0 saturated carbocycles. The van der Waals surface area contributed by atoms with E-state index in [2.05, 4.69) is 10.6 Å². The van der Waals surface area contributed by atoms with Crippen LogP contribution in [0.3, 0.4) is 0 Å². The number of amides is 4. The number of hydrogen-bond acceptors (Lipinski definition) is 4. The second kappa shape index (κ2) is 7.52. The van der Waals surface area contributed by atoms with Gasteiger partial charge in [-0.3, -0.25) is 14.5 Å². The second-order valence-corrected chi connectivity index (χ2v) is 5.62. The predicted octanol–water partition coefficient (Wildman–Crippen LogP) is 2.23. The van der Waals surface area contributed by atoms with Gasteiger partial charge in [0.15, 0.2) is 6.61 Å². The van der Waals surface area contributed by atoms with E-state index < -0.39 is 6.03 Å². The third-order valence-corrected chi connectivity index (χ3v) is 3.70. The average molecular weight is 351 g/mol. The molecular formula is C19H17N3O4. The molecule has 0 radical (unpaired) electrons. The van der Waals surface area contributed by atoms with Gasteiger partial charge in [-0.15, -0.1) is 0 Å². The molecule has 3 rings (SSSR count). The van der Waals surface area contributed by atoms with Crippen LogP contribution in [-0.4, -0.2) is 36.4 Å². The fourth-order valence-electron chi connectivity index (χ4n) is 2.32. The minimum Gasteiger partial charge on any atom is -0.484 e. The van der Waals surface area contributed by atoms with Crippen LogP contribution in [-0.2, 0) is 9.59 Å². The number of para-hydroxylation sites is 1. The number of imide groups is 1. The van der Waals surface area contributed by atoms with E-state index in [9.17, 15) is 14.4 Å². The van der Waals surface area contributed by atoms with Gasteiger partial charge < -0.3 is 15.4 Å². The standard InChI is InChI=1S/C19H17N3O4/c1-22-18(24)16(21-19(22)25)11-13-7-9-15(10-8-13)26-12-17(23)20-14-5-3-2-4-6-14/h2-11H,12H2,1H3,(H,20,23)(H,21,25)/b16-11+. The predicted molar refractivity (Wildman–Crippen MR) is 96.3 cm³/mol. The smallest absolute Gasteiger partial charge is 0.328 e.